The molecule has 1 amide bonds. The standard InChI is InChI=1S/C23H24N2O3S2/c1-18-6-5-9-21(16-18)25-30(27,28)22-12-10-20(11-13-22)24-23(26)14-15-29-17-19-7-3-2-4-8-19/h2-13,16,25H,14-15,17H2,1H3,(H,24,26). The smallest absolute Gasteiger partial charge is 0.261 e. The van der Waals surface area contributed by atoms with Crippen LogP contribution in [0.5, 0.6) is 0 Å². The molecular weight excluding hydrogens is 416 g/mol. The van der Waals surface area contributed by atoms with Gasteiger partial charge in [0.25, 0.3) is 10.0 Å². The van der Waals surface area contributed by atoms with E-state index in [9.17, 15) is 13.2 Å². The molecule has 0 spiro atoms. The molecule has 156 valence electrons. The molecule has 0 atom stereocenters. The summed E-state index contributed by atoms with van der Waals surface area (Å²) >= 11 is 1.70. The van der Waals surface area contributed by atoms with Crippen molar-refractivity contribution in [3.63, 3.8) is 0 Å². The van der Waals surface area contributed by atoms with E-state index in [1.807, 2.05) is 31.2 Å². The Bertz CT molecular complexity index is 1080. The number of hydrogen-bond acceptors (Lipinski definition) is 4. The van der Waals surface area contributed by atoms with Gasteiger partial charge >= 0.3 is 0 Å². The number of sulfonamides is 1. The highest BCUT2D eigenvalue weighted by atomic mass is 32.2. The van der Waals surface area contributed by atoms with E-state index in [4.69, 9.17) is 0 Å². The predicted molar refractivity (Wildman–Crippen MR) is 124 cm³/mol. The van der Waals surface area contributed by atoms with E-state index in [2.05, 4.69) is 22.2 Å². The second kappa shape index (κ2) is 10.3. The lowest BCUT2D eigenvalue weighted by atomic mass is 10.2. The normalized spacial score (nSPS) is 11.1. The third-order valence-corrected chi connectivity index (χ3v) is 6.73. The minimum Gasteiger partial charge on any atom is -0.326 e. The van der Waals surface area contributed by atoms with Gasteiger partial charge < -0.3 is 5.32 Å². The number of aryl methyl sites for hydroxylation is 1. The zero-order chi connectivity index (χ0) is 21.4. The van der Waals surface area contributed by atoms with Crippen LogP contribution in [0.3, 0.4) is 0 Å². The molecule has 7 heteroatoms. The minimum absolute atomic E-state index is 0.0935. The SMILES string of the molecule is Cc1cccc(NS(=O)(=O)c2ccc(NC(=O)CCSCc3ccccc3)cc2)c1. The topological polar surface area (TPSA) is 75.3 Å². The van der Waals surface area contributed by atoms with E-state index in [0.29, 0.717) is 23.5 Å². The fraction of sp³-hybridized carbons (Fsp3) is 0.174. The van der Waals surface area contributed by atoms with Crippen LogP contribution in [0.1, 0.15) is 17.5 Å². The predicted octanol–water partition coefficient (Wildman–Crippen LogP) is 5.06. The van der Waals surface area contributed by atoms with Gasteiger partial charge in [0.05, 0.1) is 4.90 Å². The quantitative estimate of drug-likeness (QED) is 0.456. The molecule has 0 fully saturated rings. The van der Waals surface area contributed by atoms with E-state index in [0.717, 1.165) is 11.3 Å². The van der Waals surface area contributed by atoms with Crippen LogP contribution >= 0.6 is 11.8 Å². The third-order valence-electron chi connectivity index (χ3n) is 4.30. The van der Waals surface area contributed by atoms with E-state index < -0.39 is 10.0 Å². The van der Waals surface area contributed by atoms with Gasteiger partial charge in [0.1, 0.15) is 0 Å². The van der Waals surface area contributed by atoms with Crippen molar-refractivity contribution in [2.24, 2.45) is 0 Å². The zero-order valence-corrected chi connectivity index (χ0v) is 18.3. The summed E-state index contributed by atoms with van der Waals surface area (Å²) in [5.41, 5.74) is 3.29. The molecule has 0 heterocycles. The first kappa shape index (κ1) is 21.9. The first-order valence-corrected chi connectivity index (χ1v) is 12.2. The van der Waals surface area contributed by atoms with Crippen molar-refractivity contribution < 1.29 is 13.2 Å². The van der Waals surface area contributed by atoms with E-state index in [1.165, 1.54) is 17.7 Å². The van der Waals surface area contributed by atoms with Gasteiger partial charge in [0.15, 0.2) is 0 Å². The summed E-state index contributed by atoms with van der Waals surface area (Å²) in [4.78, 5) is 12.3. The van der Waals surface area contributed by atoms with Gasteiger partial charge in [-0.25, -0.2) is 8.42 Å². The van der Waals surface area contributed by atoms with Gasteiger partial charge in [0, 0.05) is 29.3 Å². The van der Waals surface area contributed by atoms with E-state index in [1.54, 1.807) is 42.1 Å². The van der Waals surface area contributed by atoms with Crippen LogP contribution in [-0.2, 0) is 20.6 Å². The molecule has 0 bridgehead atoms. The Kier molecular flexibility index (Phi) is 7.54. The van der Waals surface area contributed by atoms with Crippen LogP contribution in [0.2, 0.25) is 0 Å². The maximum Gasteiger partial charge on any atom is 0.261 e. The van der Waals surface area contributed by atoms with Crippen molar-refractivity contribution in [1.29, 1.82) is 0 Å². The lowest BCUT2D eigenvalue weighted by Crippen LogP contribution is -2.14. The number of carbonyl (C=O) groups excluding carboxylic acids is 1. The summed E-state index contributed by atoms with van der Waals surface area (Å²) in [6, 6.07) is 23.4. The first-order chi connectivity index (χ1) is 14.4. The maximum atomic E-state index is 12.5. The van der Waals surface area contributed by atoms with Crippen LogP contribution in [-0.4, -0.2) is 20.1 Å². The molecule has 2 N–H and O–H groups in total. The molecule has 30 heavy (non-hydrogen) atoms. The number of rotatable bonds is 9. The fourth-order valence-corrected chi connectivity index (χ4v) is 4.74. The maximum absolute atomic E-state index is 12.5. The molecule has 3 aromatic rings. The number of anilines is 2. The van der Waals surface area contributed by atoms with Crippen molar-refractivity contribution in [3.05, 3.63) is 90.0 Å². The lowest BCUT2D eigenvalue weighted by Gasteiger charge is -2.10. The van der Waals surface area contributed by atoms with Crippen LogP contribution in [0, 0.1) is 6.92 Å². The molecule has 3 rings (SSSR count). The summed E-state index contributed by atoms with van der Waals surface area (Å²) in [5, 5.41) is 2.81. The summed E-state index contributed by atoms with van der Waals surface area (Å²) in [6.07, 6.45) is 0.395. The Balaban J connectivity index is 1.49. The zero-order valence-electron chi connectivity index (χ0n) is 16.7. The van der Waals surface area contributed by atoms with Crippen molar-refractivity contribution >= 4 is 39.1 Å². The van der Waals surface area contributed by atoms with Gasteiger partial charge in [-0.3, -0.25) is 9.52 Å². The van der Waals surface area contributed by atoms with Gasteiger partial charge in [-0.15, -0.1) is 0 Å². The number of amides is 1. The largest absolute Gasteiger partial charge is 0.326 e. The average Bonchev–Trinajstić information content (AvgIpc) is 2.72. The van der Waals surface area contributed by atoms with Gasteiger partial charge in [-0.05, 0) is 54.4 Å². The van der Waals surface area contributed by atoms with Crippen molar-refractivity contribution in [2.45, 2.75) is 24.0 Å². The average molecular weight is 441 g/mol. The number of thioether (sulfide) groups is 1. The van der Waals surface area contributed by atoms with Crippen LogP contribution < -0.4 is 10.0 Å². The number of carbonyl (C=O) groups is 1. The Morgan fingerprint density at radius 3 is 2.33 bits per heavy atom. The molecule has 0 radical (unpaired) electrons. The molecule has 0 aliphatic carbocycles. The summed E-state index contributed by atoms with van der Waals surface area (Å²) in [7, 11) is -3.69. The van der Waals surface area contributed by atoms with Crippen molar-refractivity contribution in [3.8, 4) is 0 Å². The monoisotopic (exact) mass is 440 g/mol. The molecule has 0 saturated heterocycles. The molecule has 0 aliphatic heterocycles. The summed E-state index contributed by atoms with van der Waals surface area (Å²) < 4.78 is 27.6. The van der Waals surface area contributed by atoms with Crippen molar-refractivity contribution in [2.75, 3.05) is 15.8 Å². The van der Waals surface area contributed by atoms with Gasteiger partial charge in [-0.1, -0.05) is 42.5 Å². The molecule has 0 aromatic heterocycles. The van der Waals surface area contributed by atoms with Gasteiger partial charge in [0.2, 0.25) is 5.91 Å². The molecular formula is C23H24N2O3S2. The third kappa shape index (κ3) is 6.64. The van der Waals surface area contributed by atoms with Crippen LogP contribution in [0.15, 0.2) is 83.8 Å². The molecule has 5 nitrogen and oxygen atoms in total. The number of hydrogen-bond donors (Lipinski definition) is 2. The Labute approximate surface area is 182 Å². The fourth-order valence-electron chi connectivity index (χ4n) is 2.79. The molecule has 3 aromatic carbocycles. The summed E-state index contributed by atoms with van der Waals surface area (Å²) in [5.74, 6) is 1.49. The highest BCUT2D eigenvalue weighted by Crippen LogP contribution is 2.19. The van der Waals surface area contributed by atoms with Crippen LogP contribution in [0.4, 0.5) is 11.4 Å². The summed E-state index contributed by atoms with van der Waals surface area (Å²) in [6.45, 7) is 1.90. The lowest BCUT2D eigenvalue weighted by molar-refractivity contribution is -0.115. The van der Waals surface area contributed by atoms with Gasteiger partial charge in [-0.2, -0.15) is 11.8 Å². The van der Waals surface area contributed by atoms with E-state index in [-0.39, 0.29) is 10.8 Å². The second-order valence-electron chi connectivity index (χ2n) is 6.84. The van der Waals surface area contributed by atoms with Crippen molar-refractivity contribution in [1.82, 2.24) is 0 Å². The highest BCUT2D eigenvalue weighted by molar-refractivity contribution is 7.98. The second-order valence-corrected chi connectivity index (χ2v) is 9.62. The van der Waals surface area contributed by atoms with E-state index >= 15 is 0 Å². The minimum atomic E-state index is -3.69. The molecule has 0 saturated carbocycles. The number of benzene rings is 3. The molecule has 0 aliphatic rings. The Hall–Kier alpha value is -2.77. The molecule has 0 unspecified atom stereocenters. The number of nitrogens with one attached hydrogen (secondary N) is 2. The Morgan fingerprint density at radius 1 is 0.900 bits per heavy atom. The highest BCUT2D eigenvalue weighted by Gasteiger charge is 2.14. The van der Waals surface area contributed by atoms with Crippen LogP contribution in [0.25, 0.3) is 0 Å². The Morgan fingerprint density at radius 2 is 1.63 bits per heavy atom. The first-order valence-electron chi connectivity index (χ1n) is 9.53.